The van der Waals surface area contributed by atoms with E-state index in [-0.39, 0.29) is 5.91 Å². The molecule has 0 spiro atoms. The summed E-state index contributed by atoms with van der Waals surface area (Å²) in [6.45, 7) is 2.60. The highest BCUT2D eigenvalue weighted by Gasteiger charge is 1.99. The van der Waals surface area contributed by atoms with Crippen LogP contribution in [0.15, 0.2) is 53.0 Å². The van der Waals surface area contributed by atoms with Gasteiger partial charge in [-0.1, -0.05) is 35.0 Å². The van der Waals surface area contributed by atoms with E-state index in [9.17, 15) is 4.79 Å². The van der Waals surface area contributed by atoms with Crippen LogP contribution >= 0.6 is 15.9 Å². The predicted molar refractivity (Wildman–Crippen MR) is 86.8 cm³/mol. The summed E-state index contributed by atoms with van der Waals surface area (Å²) in [6, 6.07) is 15.9. The molecule has 2 aromatic carbocycles. The quantitative estimate of drug-likeness (QED) is 0.851. The molecular weight excluding hydrogens is 316 g/mol. The summed E-state index contributed by atoms with van der Waals surface area (Å²) in [5, 5.41) is 6.18. The zero-order valence-corrected chi connectivity index (χ0v) is 12.9. The molecule has 4 heteroatoms. The van der Waals surface area contributed by atoms with Gasteiger partial charge in [0.25, 0.3) is 0 Å². The van der Waals surface area contributed by atoms with Crippen LogP contribution in [0.5, 0.6) is 0 Å². The second-order valence-electron chi connectivity index (χ2n) is 4.46. The van der Waals surface area contributed by atoms with Crippen molar-refractivity contribution in [2.24, 2.45) is 0 Å². The topological polar surface area (TPSA) is 41.1 Å². The maximum Gasteiger partial charge on any atom is 0.224 e. The van der Waals surface area contributed by atoms with E-state index in [2.05, 4.69) is 38.7 Å². The standard InChI is InChI=1S/C16H17BrN2O/c1-2-16(20)19-15-8-6-14(7-9-15)18-11-12-4-3-5-13(17)10-12/h3-10,18H,2,11H2,1H3,(H,19,20). The third kappa shape index (κ3) is 4.38. The Balaban J connectivity index is 1.92. The minimum absolute atomic E-state index is 0.0276. The molecule has 0 heterocycles. The lowest BCUT2D eigenvalue weighted by molar-refractivity contribution is -0.115. The Labute approximate surface area is 127 Å². The van der Waals surface area contributed by atoms with Gasteiger partial charge in [-0.05, 0) is 42.0 Å². The van der Waals surface area contributed by atoms with Gasteiger partial charge in [-0.2, -0.15) is 0 Å². The van der Waals surface area contributed by atoms with Crippen molar-refractivity contribution in [2.75, 3.05) is 10.6 Å². The third-order valence-corrected chi connectivity index (χ3v) is 3.37. The Morgan fingerprint density at radius 3 is 2.45 bits per heavy atom. The fraction of sp³-hybridized carbons (Fsp3) is 0.188. The molecule has 0 radical (unpaired) electrons. The molecule has 0 aliphatic carbocycles. The lowest BCUT2D eigenvalue weighted by atomic mass is 10.2. The van der Waals surface area contributed by atoms with Gasteiger partial charge in [0, 0.05) is 28.8 Å². The highest BCUT2D eigenvalue weighted by atomic mass is 79.9. The maximum absolute atomic E-state index is 11.3. The minimum atomic E-state index is 0.0276. The average molecular weight is 333 g/mol. The van der Waals surface area contributed by atoms with Gasteiger partial charge in [-0.3, -0.25) is 4.79 Å². The monoisotopic (exact) mass is 332 g/mol. The van der Waals surface area contributed by atoms with Gasteiger partial charge in [0.1, 0.15) is 0 Å². The Morgan fingerprint density at radius 2 is 1.80 bits per heavy atom. The number of benzene rings is 2. The third-order valence-electron chi connectivity index (χ3n) is 2.88. The van der Waals surface area contributed by atoms with E-state index in [1.807, 2.05) is 43.3 Å². The molecule has 2 aromatic rings. The summed E-state index contributed by atoms with van der Waals surface area (Å²) in [7, 11) is 0. The number of carbonyl (C=O) groups is 1. The van der Waals surface area contributed by atoms with E-state index < -0.39 is 0 Å². The van der Waals surface area contributed by atoms with Crippen molar-refractivity contribution < 1.29 is 4.79 Å². The molecule has 20 heavy (non-hydrogen) atoms. The Morgan fingerprint density at radius 1 is 1.10 bits per heavy atom. The zero-order chi connectivity index (χ0) is 14.4. The molecule has 104 valence electrons. The van der Waals surface area contributed by atoms with E-state index >= 15 is 0 Å². The van der Waals surface area contributed by atoms with Crippen molar-refractivity contribution in [1.29, 1.82) is 0 Å². The van der Waals surface area contributed by atoms with Crippen LogP contribution in [-0.4, -0.2) is 5.91 Å². The summed E-state index contributed by atoms with van der Waals surface area (Å²) in [5.74, 6) is 0.0276. The first-order chi connectivity index (χ1) is 9.67. The molecule has 0 aromatic heterocycles. The highest BCUT2D eigenvalue weighted by Crippen LogP contribution is 2.16. The molecular formula is C16H17BrN2O. The van der Waals surface area contributed by atoms with Gasteiger partial charge >= 0.3 is 0 Å². The molecule has 0 bridgehead atoms. The molecule has 0 fully saturated rings. The van der Waals surface area contributed by atoms with Gasteiger partial charge in [0.05, 0.1) is 0 Å². The molecule has 0 unspecified atom stereocenters. The predicted octanol–water partition coefficient (Wildman–Crippen LogP) is 4.41. The Hall–Kier alpha value is -1.81. The van der Waals surface area contributed by atoms with Crippen molar-refractivity contribution in [1.82, 2.24) is 0 Å². The first-order valence-electron chi connectivity index (χ1n) is 6.55. The van der Waals surface area contributed by atoms with Gasteiger partial charge in [0.2, 0.25) is 5.91 Å². The van der Waals surface area contributed by atoms with Crippen LogP contribution in [0.3, 0.4) is 0 Å². The molecule has 0 atom stereocenters. The van der Waals surface area contributed by atoms with Crippen molar-refractivity contribution in [2.45, 2.75) is 19.9 Å². The van der Waals surface area contributed by atoms with Gasteiger partial charge in [0.15, 0.2) is 0 Å². The fourth-order valence-electron chi connectivity index (χ4n) is 1.77. The number of rotatable bonds is 5. The largest absolute Gasteiger partial charge is 0.381 e. The number of nitrogens with one attached hydrogen (secondary N) is 2. The van der Waals surface area contributed by atoms with Crippen LogP contribution in [0.1, 0.15) is 18.9 Å². The van der Waals surface area contributed by atoms with Crippen molar-refractivity contribution in [3.8, 4) is 0 Å². The number of amides is 1. The van der Waals surface area contributed by atoms with Crippen molar-refractivity contribution in [3.63, 3.8) is 0 Å². The molecule has 0 aliphatic heterocycles. The first-order valence-corrected chi connectivity index (χ1v) is 7.35. The van der Waals surface area contributed by atoms with Crippen LogP contribution < -0.4 is 10.6 Å². The van der Waals surface area contributed by atoms with Crippen molar-refractivity contribution in [3.05, 3.63) is 58.6 Å². The summed E-state index contributed by atoms with van der Waals surface area (Å²) in [4.78, 5) is 11.3. The van der Waals surface area contributed by atoms with Gasteiger partial charge in [-0.25, -0.2) is 0 Å². The maximum atomic E-state index is 11.3. The SMILES string of the molecule is CCC(=O)Nc1ccc(NCc2cccc(Br)c2)cc1. The summed E-state index contributed by atoms with van der Waals surface area (Å²) in [5.41, 5.74) is 3.06. The van der Waals surface area contributed by atoms with E-state index in [1.165, 1.54) is 5.56 Å². The molecule has 2 rings (SSSR count). The number of hydrogen-bond acceptors (Lipinski definition) is 2. The van der Waals surface area contributed by atoms with Crippen molar-refractivity contribution >= 4 is 33.2 Å². The lowest BCUT2D eigenvalue weighted by Crippen LogP contribution is -2.09. The second kappa shape index (κ2) is 7.10. The molecule has 1 amide bonds. The molecule has 3 nitrogen and oxygen atoms in total. The normalized spacial score (nSPS) is 10.1. The summed E-state index contributed by atoms with van der Waals surface area (Å²) >= 11 is 3.46. The van der Waals surface area contributed by atoms with Crippen LogP contribution in [0, 0.1) is 0 Å². The minimum Gasteiger partial charge on any atom is -0.381 e. The highest BCUT2D eigenvalue weighted by molar-refractivity contribution is 9.10. The average Bonchev–Trinajstić information content (AvgIpc) is 2.46. The second-order valence-corrected chi connectivity index (χ2v) is 5.38. The van der Waals surface area contributed by atoms with Crippen LogP contribution in [-0.2, 0) is 11.3 Å². The lowest BCUT2D eigenvalue weighted by Gasteiger charge is -2.08. The molecule has 0 saturated carbocycles. The van der Waals surface area contributed by atoms with Crippen LogP contribution in [0.2, 0.25) is 0 Å². The molecule has 0 saturated heterocycles. The van der Waals surface area contributed by atoms with E-state index in [1.54, 1.807) is 0 Å². The first kappa shape index (κ1) is 14.6. The Kier molecular flexibility index (Phi) is 5.18. The van der Waals surface area contributed by atoms with Crippen LogP contribution in [0.4, 0.5) is 11.4 Å². The van der Waals surface area contributed by atoms with Crippen LogP contribution in [0.25, 0.3) is 0 Å². The number of hydrogen-bond donors (Lipinski definition) is 2. The zero-order valence-electron chi connectivity index (χ0n) is 11.3. The summed E-state index contributed by atoms with van der Waals surface area (Å²) < 4.78 is 1.08. The van der Waals surface area contributed by atoms with Gasteiger partial charge in [-0.15, -0.1) is 0 Å². The number of halogens is 1. The fourth-order valence-corrected chi connectivity index (χ4v) is 2.22. The number of carbonyl (C=O) groups excluding carboxylic acids is 1. The van der Waals surface area contributed by atoms with Gasteiger partial charge < -0.3 is 10.6 Å². The summed E-state index contributed by atoms with van der Waals surface area (Å²) in [6.07, 6.45) is 0.489. The smallest absolute Gasteiger partial charge is 0.224 e. The van der Waals surface area contributed by atoms with E-state index in [0.717, 1.165) is 22.4 Å². The number of anilines is 2. The molecule has 0 aliphatic rings. The Bertz CT molecular complexity index is 581. The van der Waals surface area contributed by atoms with E-state index in [4.69, 9.17) is 0 Å². The molecule has 2 N–H and O–H groups in total. The van der Waals surface area contributed by atoms with E-state index in [0.29, 0.717) is 6.42 Å².